The normalized spacial score (nSPS) is 12.7. The maximum absolute atomic E-state index is 12.9. The van der Waals surface area contributed by atoms with Gasteiger partial charge in [0.1, 0.15) is 6.10 Å². The van der Waals surface area contributed by atoms with Crippen LogP contribution in [0.5, 0.6) is 0 Å². The summed E-state index contributed by atoms with van der Waals surface area (Å²) < 4.78 is 5.82. The van der Waals surface area contributed by atoms with Crippen LogP contribution in [-0.4, -0.2) is 12.1 Å². The fourth-order valence-corrected chi connectivity index (χ4v) is 3.12. The molecule has 0 bridgehead atoms. The molecule has 3 aromatic carbocycles. The van der Waals surface area contributed by atoms with Crippen molar-refractivity contribution in [1.29, 1.82) is 0 Å². The van der Waals surface area contributed by atoms with Crippen LogP contribution in [0, 0.1) is 5.92 Å². The van der Waals surface area contributed by atoms with Crippen LogP contribution < -0.4 is 0 Å². The molecule has 0 amide bonds. The molecule has 0 aliphatic carbocycles. The van der Waals surface area contributed by atoms with Crippen molar-refractivity contribution in [2.75, 3.05) is 0 Å². The maximum atomic E-state index is 12.9. The molecular weight excluding hydrogens is 284 g/mol. The topological polar surface area (TPSA) is 26.3 Å². The third-order valence-corrected chi connectivity index (χ3v) is 4.38. The molecule has 0 radical (unpaired) electrons. The molecule has 2 nitrogen and oxygen atoms in total. The summed E-state index contributed by atoms with van der Waals surface area (Å²) in [4.78, 5) is 12.9. The summed E-state index contributed by atoms with van der Waals surface area (Å²) in [5.74, 6) is 0.0868. The fourth-order valence-electron chi connectivity index (χ4n) is 3.12. The highest BCUT2D eigenvalue weighted by molar-refractivity contribution is 6.16. The zero-order valence-electron chi connectivity index (χ0n) is 13.9. The van der Waals surface area contributed by atoms with Gasteiger partial charge in [-0.2, -0.15) is 0 Å². The third-order valence-electron chi connectivity index (χ3n) is 4.38. The van der Waals surface area contributed by atoms with Crippen LogP contribution in [0.1, 0.15) is 37.6 Å². The fraction of sp³-hybridized carbons (Fsp3) is 0.286. The summed E-state index contributed by atoms with van der Waals surface area (Å²) in [6, 6.07) is 18.1. The van der Waals surface area contributed by atoms with E-state index >= 15 is 0 Å². The lowest BCUT2D eigenvalue weighted by atomic mass is 9.96. The quantitative estimate of drug-likeness (QED) is 0.464. The van der Waals surface area contributed by atoms with E-state index in [1.165, 1.54) is 0 Å². The van der Waals surface area contributed by atoms with Gasteiger partial charge in [-0.1, -0.05) is 69.3 Å². The number of ether oxygens (including phenoxy) is 1. The van der Waals surface area contributed by atoms with Gasteiger partial charge >= 0.3 is 5.97 Å². The molecular formula is C21H22O2. The second-order valence-corrected chi connectivity index (χ2v) is 6.29. The Bertz CT molecular complexity index is 795. The molecule has 0 saturated heterocycles. The SMILES string of the molecule is CC[C@H](OC(=O)c1c2ccccc2cc2ccccc12)C(C)C. The molecule has 0 aliphatic rings. The number of esters is 1. The van der Waals surface area contributed by atoms with Gasteiger partial charge in [0.15, 0.2) is 0 Å². The molecule has 0 heterocycles. The lowest BCUT2D eigenvalue weighted by molar-refractivity contribution is 0.0178. The van der Waals surface area contributed by atoms with Gasteiger partial charge in [0.2, 0.25) is 0 Å². The van der Waals surface area contributed by atoms with E-state index in [1.807, 2.05) is 48.5 Å². The molecule has 3 aromatic rings. The summed E-state index contributed by atoms with van der Waals surface area (Å²) in [6.45, 7) is 6.23. The Balaban J connectivity index is 2.18. The molecule has 0 unspecified atom stereocenters. The molecule has 0 N–H and O–H groups in total. The summed E-state index contributed by atoms with van der Waals surface area (Å²) in [5.41, 5.74) is 0.679. The van der Waals surface area contributed by atoms with Gasteiger partial charge in [0, 0.05) is 0 Å². The zero-order valence-corrected chi connectivity index (χ0v) is 13.9. The minimum atomic E-state index is -0.224. The Morgan fingerprint density at radius 1 is 0.957 bits per heavy atom. The highest BCUT2D eigenvalue weighted by Gasteiger charge is 2.21. The predicted octanol–water partition coefficient (Wildman–Crippen LogP) is 5.58. The molecule has 0 saturated carbocycles. The molecule has 0 aromatic heterocycles. The third kappa shape index (κ3) is 2.94. The van der Waals surface area contributed by atoms with Crippen LogP contribution >= 0.6 is 0 Å². The highest BCUT2D eigenvalue weighted by atomic mass is 16.5. The van der Waals surface area contributed by atoms with Crippen LogP contribution in [0.15, 0.2) is 54.6 Å². The minimum absolute atomic E-state index is 0.0553. The van der Waals surface area contributed by atoms with Crippen molar-refractivity contribution >= 4 is 27.5 Å². The molecule has 1 atom stereocenters. The van der Waals surface area contributed by atoms with E-state index in [-0.39, 0.29) is 12.1 Å². The largest absolute Gasteiger partial charge is 0.458 e. The Morgan fingerprint density at radius 2 is 1.48 bits per heavy atom. The number of hydrogen-bond acceptors (Lipinski definition) is 2. The number of rotatable bonds is 4. The number of carbonyl (C=O) groups is 1. The molecule has 0 aliphatic heterocycles. The monoisotopic (exact) mass is 306 g/mol. The maximum Gasteiger partial charge on any atom is 0.339 e. The van der Waals surface area contributed by atoms with Crippen LogP contribution in [0.3, 0.4) is 0 Å². The number of benzene rings is 3. The van der Waals surface area contributed by atoms with Gasteiger partial charge in [0.05, 0.1) is 5.56 Å². The first kappa shape index (κ1) is 15.5. The Labute approximate surface area is 137 Å². The second-order valence-electron chi connectivity index (χ2n) is 6.29. The molecule has 2 heteroatoms. The zero-order chi connectivity index (χ0) is 16.4. The van der Waals surface area contributed by atoms with Crippen molar-refractivity contribution in [3.05, 3.63) is 60.2 Å². The van der Waals surface area contributed by atoms with E-state index in [4.69, 9.17) is 4.74 Å². The van der Waals surface area contributed by atoms with Gasteiger partial charge in [-0.15, -0.1) is 0 Å². The summed E-state index contributed by atoms with van der Waals surface area (Å²) in [5, 5.41) is 4.04. The van der Waals surface area contributed by atoms with E-state index in [2.05, 4.69) is 26.8 Å². The standard InChI is InChI=1S/C21H22O2/c1-4-19(14(2)3)23-21(22)20-17-11-7-5-9-15(17)13-16-10-6-8-12-18(16)20/h5-14,19H,4H2,1-3H3/t19-/m0/s1. The second kappa shape index (κ2) is 6.41. The first-order chi connectivity index (χ1) is 11.1. The van der Waals surface area contributed by atoms with E-state index in [0.717, 1.165) is 28.0 Å². The molecule has 0 fully saturated rings. The van der Waals surface area contributed by atoms with E-state index < -0.39 is 0 Å². The molecule has 3 rings (SSSR count). The molecule has 0 spiro atoms. The Morgan fingerprint density at radius 3 is 1.96 bits per heavy atom. The summed E-state index contributed by atoms with van der Waals surface area (Å²) in [7, 11) is 0. The van der Waals surface area contributed by atoms with E-state index in [0.29, 0.717) is 11.5 Å². The van der Waals surface area contributed by atoms with Crippen LogP contribution in [0.25, 0.3) is 21.5 Å². The Kier molecular flexibility index (Phi) is 4.33. The van der Waals surface area contributed by atoms with Gasteiger partial charge in [-0.3, -0.25) is 0 Å². The minimum Gasteiger partial charge on any atom is -0.458 e. The van der Waals surface area contributed by atoms with Gasteiger partial charge in [-0.05, 0) is 39.9 Å². The van der Waals surface area contributed by atoms with Gasteiger partial charge < -0.3 is 4.74 Å². The van der Waals surface area contributed by atoms with Crippen LogP contribution in [0.2, 0.25) is 0 Å². The first-order valence-electron chi connectivity index (χ1n) is 8.23. The molecule has 118 valence electrons. The van der Waals surface area contributed by atoms with Crippen LogP contribution in [0.4, 0.5) is 0 Å². The number of carbonyl (C=O) groups excluding carboxylic acids is 1. The smallest absolute Gasteiger partial charge is 0.339 e. The average Bonchev–Trinajstić information content (AvgIpc) is 2.56. The highest BCUT2D eigenvalue weighted by Crippen LogP contribution is 2.29. The van der Waals surface area contributed by atoms with Crippen LogP contribution in [-0.2, 0) is 4.74 Å². The predicted molar refractivity (Wildman–Crippen MR) is 95.8 cm³/mol. The van der Waals surface area contributed by atoms with Crippen molar-refractivity contribution < 1.29 is 9.53 Å². The van der Waals surface area contributed by atoms with Gasteiger partial charge in [-0.25, -0.2) is 4.79 Å². The van der Waals surface area contributed by atoms with Gasteiger partial charge in [0.25, 0.3) is 0 Å². The van der Waals surface area contributed by atoms with Crippen molar-refractivity contribution in [2.24, 2.45) is 5.92 Å². The molecule has 23 heavy (non-hydrogen) atoms. The Hall–Kier alpha value is -2.35. The van der Waals surface area contributed by atoms with E-state index in [1.54, 1.807) is 0 Å². The number of hydrogen-bond donors (Lipinski definition) is 0. The number of fused-ring (bicyclic) bond motifs is 2. The van der Waals surface area contributed by atoms with Crippen molar-refractivity contribution in [1.82, 2.24) is 0 Å². The lowest BCUT2D eigenvalue weighted by Crippen LogP contribution is -2.23. The van der Waals surface area contributed by atoms with Crippen molar-refractivity contribution in [3.63, 3.8) is 0 Å². The lowest BCUT2D eigenvalue weighted by Gasteiger charge is -2.21. The summed E-state index contributed by atoms with van der Waals surface area (Å²) >= 11 is 0. The van der Waals surface area contributed by atoms with E-state index in [9.17, 15) is 4.79 Å². The average molecular weight is 306 g/mol. The van der Waals surface area contributed by atoms with Crippen molar-refractivity contribution in [2.45, 2.75) is 33.3 Å². The first-order valence-corrected chi connectivity index (χ1v) is 8.23. The summed E-state index contributed by atoms with van der Waals surface area (Å²) in [6.07, 6.45) is 0.770. The van der Waals surface area contributed by atoms with Crippen molar-refractivity contribution in [3.8, 4) is 0 Å².